The highest BCUT2D eigenvalue weighted by molar-refractivity contribution is 5.92. The van der Waals surface area contributed by atoms with E-state index in [0.29, 0.717) is 89.2 Å². The summed E-state index contributed by atoms with van der Waals surface area (Å²) in [5.74, 6) is 2.56. The van der Waals surface area contributed by atoms with Crippen LogP contribution in [0.2, 0.25) is 0 Å². The first-order chi connectivity index (χ1) is 28.0. The van der Waals surface area contributed by atoms with Crippen LogP contribution in [0, 0.1) is 18.8 Å². The van der Waals surface area contributed by atoms with Crippen LogP contribution in [0.4, 0.5) is 0 Å². The lowest BCUT2D eigenvalue weighted by atomic mass is 9.90. The molecule has 6 unspecified atom stereocenters. The highest BCUT2D eigenvalue weighted by Gasteiger charge is 2.44. The van der Waals surface area contributed by atoms with E-state index in [0.717, 1.165) is 77.8 Å². The largest absolute Gasteiger partial charge is 0.494 e. The van der Waals surface area contributed by atoms with Crippen molar-refractivity contribution >= 4 is 11.9 Å². The third-order valence-electron chi connectivity index (χ3n) is 11.6. The summed E-state index contributed by atoms with van der Waals surface area (Å²) >= 11 is 0. The van der Waals surface area contributed by atoms with E-state index < -0.39 is 11.9 Å². The van der Waals surface area contributed by atoms with Crippen molar-refractivity contribution in [3.8, 4) is 23.0 Å². The summed E-state index contributed by atoms with van der Waals surface area (Å²) in [5.41, 5.74) is 1.50. The zero-order chi connectivity index (χ0) is 39.2. The Morgan fingerprint density at radius 1 is 0.526 bits per heavy atom. The number of carbonyl (C=O) groups is 2. The smallest absolute Gasteiger partial charge is 0.343 e. The van der Waals surface area contributed by atoms with Crippen molar-refractivity contribution in [2.24, 2.45) is 11.8 Å². The van der Waals surface area contributed by atoms with Gasteiger partial charge in [-0.05, 0) is 168 Å². The summed E-state index contributed by atoms with van der Waals surface area (Å²) in [6, 6.07) is 18.9. The fraction of sp³-hybridized carbons (Fsp3) is 0.574. The van der Waals surface area contributed by atoms with Crippen LogP contribution in [0.5, 0.6) is 23.0 Å². The van der Waals surface area contributed by atoms with Crippen molar-refractivity contribution in [1.29, 1.82) is 0 Å². The molecule has 10 nitrogen and oxygen atoms in total. The van der Waals surface area contributed by atoms with Crippen molar-refractivity contribution in [3.63, 3.8) is 0 Å². The fourth-order valence-corrected chi connectivity index (χ4v) is 7.97. The van der Waals surface area contributed by atoms with Gasteiger partial charge in [-0.3, -0.25) is 0 Å². The highest BCUT2D eigenvalue weighted by Crippen LogP contribution is 2.40. The van der Waals surface area contributed by atoms with Gasteiger partial charge >= 0.3 is 11.9 Å². The number of unbranched alkanes of at least 4 members (excludes halogenated alkanes) is 6. The lowest BCUT2D eigenvalue weighted by Crippen LogP contribution is -2.18. The van der Waals surface area contributed by atoms with Crippen molar-refractivity contribution < 1.29 is 47.5 Å². The van der Waals surface area contributed by atoms with Crippen LogP contribution in [0.25, 0.3) is 0 Å². The standard InChI is InChI=1S/C47H60O10/c1-33-28-40(54-46(48)36-12-16-38(17-13-36)52-26-8-4-2-6-24-50-31-34-10-21-42-44(29-34)55-42)20-23-41(33)57-47(49)37-14-18-39(19-15-37)53-27-9-5-3-7-25-51-32-35-11-22-43-45(30-35)56-43/h12-20,23,28,34-35,42-45H,2-11,21-22,24-27,29-32H2,1H3. The first-order valence-corrected chi connectivity index (χ1v) is 21.4. The number of hydrogen-bond acceptors (Lipinski definition) is 10. The SMILES string of the molecule is Cc1cc(OC(=O)c2ccc(OCCCCCCOCC3CCC4OC4C3)cc2)ccc1OC(=O)c1ccc(OCCCCCCOCC2CCC3OC3C2)cc1. The predicted molar refractivity (Wildman–Crippen MR) is 216 cm³/mol. The van der Waals surface area contributed by atoms with Crippen LogP contribution in [0.1, 0.15) is 116 Å². The minimum Gasteiger partial charge on any atom is -0.494 e. The third kappa shape index (κ3) is 13.3. The number of hydrogen-bond donors (Lipinski definition) is 0. The van der Waals surface area contributed by atoms with E-state index >= 15 is 0 Å². The van der Waals surface area contributed by atoms with E-state index in [-0.39, 0.29) is 0 Å². The molecule has 0 radical (unpaired) electrons. The maximum Gasteiger partial charge on any atom is 0.343 e. The van der Waals surface area contributed by atoms with Crippen molar-refractivity contribution in [1.82, 2.24) is 0 Å². The molecule has 2 aliphatic heterocycles. The summed E-state index contributed by atoms with van der Waals surface area (Å²) in [7, 11) is 0. The maximum absolute atomic E-state index is 12.9. The quantitative estimate of drug-likeness (QED) is 0.0377. The van der Waals surface area contributed by atoms with E-state index in [4.69, 9.17) is 37.9 Å². The summed E-state index contributed by atoms with van der Waals surface area (Å²) in [5, 5.41) is 0. The Balaban J connectivity index is 0.718. The van der Waals surface area contributed by atoms with E-state index in [1.807, 2.05) is 0 Å². The Morgan fingerprint density at radius 3 is 1.46 bits per heavy atom. The normalized spacial score (nSPS) is 23.2. The number of aryl methyl sites for hydroxylation is 1. The van der Waals surface area contributed by atoms with Crippen LogP contribution in [0.15, 0.2) is 66.7 Å². The van der Waals surface area contributed by atoms with Crippen molar-refractivity contribution in [2.75, 3.05) is 39.6 Å². The Morgan fingerprint density at radius 2 is 0.982 bits per heavy atom. The molecule has 6 atom stereocenters. The lowest BCUT2D eigenvalue weighted by molar-refractivity contribution is 0.0718. The summed E-state index contributed by atoms with van der Waals surface area (Å²) < 4.78 is 46.1. The van der Waals surface area contributed by atoms with Crippen molar-refractivity contribution in [3.05, 3.63) is 83.4 Å². The molecule has 2 heterocycles. The zero-order valence-electron chi connectivity index (χ0n) is 33.5. The van der Waals surface area contributed by atoms with Gasteiger partial charge in [-0.1, -0.05) is 12.8 Å². The molecule has 4 aliphatic rings. The highest BCUT2D eigenvalue weighted by atomic mass is 16.6. The molecule has 2 aliphatic carbocycles. The molecule has 3 aromatic rings. The molecular formula is C47H60O10. The second-order valence-electron chi connectivity index (χ2n) is 16.2. The molecule has 3 aromatic carbocycles. The van der Waals surface area contributed by atoms with Gasteiger partial charge in [0.15, 0.2) is 0 Å². The predicted octanol–water partition coefficient (Wildman–Crippen LogP) is 9.48. The molecule has 0 bridgehead atoms. The minimum absolute atomic E-state index is 0.361. The Hall–Kier alpha value is -3.96. The first-order valence-electron chi connectivity index (χ1n) is 21.4. The molecule has 0 spiro atoms. The van der Waals surface area contributed by atoms with E-state index in [1.54, 1.807) is 73.7 Å². The zero-order valence-corrected chi connectivity index (χ0v) is 33.5. The van der Waals surface area contributed by atoms with E-state index in [9.17, 15) is 9.59 Å². The van der Waals surface area contributed by atoms with Gasteiger partial charge in [-0.2, -0.15) is 0 Å². The Bertz CT molecular complexity index is 1710. The molecule has 2 saturated carbocycles. The van der Waals surface area contributed by atoms with E-state index in [1.165, 1.54) is 38.5 Å². The van der Waals surface area contributed by atoms with Gasteiger partial charge in [0.2, 0.25) is 0 Å². The molecule has 4 fully saturated rings. The minimum atomic E-state index is -0.481. The van der Waals surface area contributed by atoms with Crippen LogP contribution in [-0.2, 0) is 18.9 Å². The molecule has 0 N–H and O–H groups in total. The third-order valence-corrected chi connectivity index (χ3v) is 11.6. The van der Waals surface area contributed by atoms with Gasteiger partial charge in [-0.15, -0.1) is 0 Å². The average Bonchev–Trinajstić information content (AvgIpc) is 4.16. The molecule has 0 aromatic heterocycles. The Labute approximate surface area is 337 Å². The monoisotopic (exact) mass is 784 g/mol. The molecule has 7 rings (SSSR count). The van der Waals surface area contributed by atoms with E-state index in [2.05, 4.69) is 0 Å². The number of epoxide rings is 2. The molecule has 2 saturated heterocycles. The van der Waals surface area contributed by atoms with Crippen molar-refractivity contribution in [2.45, 2.75) is 121 Å². The summed E-state index contributed by atoms with van der Waals surface area (Å²) in [6.07, 6.45) is 17.8. The van der Waals surface area contributed by atoms with Crippen LogP contribution < -0.4 is 18.9 Å². The number of benzene rings is 3. The van der Waals surface area contributed by atoms with Gasteiger partial charge in [0, 0.05) is 26.4 Å². The summed E-state index contributed by atoms with van der Waals surface area (Å²) in [4.78, 5) is 25.7. The lowest BCUT2D eigenvalue weighted by Gasteiger charge is -2.18. The first kappa shape index (κ1) is 41.2. The second kappa shape index (κ2) is 21.2. The molecule has 57 heavy (non-hydrogen) atoms. The molecule has 10 heteroatoms. The van der Waals surface area contributed by atoms with Gasteiger partial charge in [0.05, 0.1) is 48.8 Å². The molecule has 308 valence electrons. The average molecular weight is 785 g/mol. The van der Waals surface area contributed by atoms with Gasteiger partial charge in [0.25, 0.3) is 0 Å². The topological polar surface area (TPSA) is 115 Å². The van der Waals surface area contributed by atoms with Crippen LogP contribution in [0.3, 0.4) is 0 Å². The Kier molecular flexibility index (Phi) is 15.3. The second-order valence-corrected chi connectivity index (χ2v) is 16.2. The van der Waals surface area contributed by atoms with Crippen LogP contribution in [-0.4, -0.2) is 76.0 Å². The van der Waals surface area contributed by atoms with Gasteiger partial charge < -0.3 is 37.9 Å². The number of rotatable bonds is 24. The number of esters is 2. The maximum atomic E-state index is 12.9. The number of ether oxygens (including phenoxy) is 8. The molecule has 0 amide bonds. The number of fused-ring (bicyclic) bond motifs is 2. The fourth-order valence-electron chi connectivity index (χ4n) is 7.97. The molecular weight excluding hydrogens is 725 g/mol. The van der Waals surface area contributed by atoms with Gasteiger partial charge in [0.1, 0.15) is 23.0 Å². The van der Waals surface area contributed by atoms with Crippen LogP contribution >= 0.6 is 0 Å². The summed E-state index contributed by atoms with van der Waals surface area (Å²) in [6.45, 7) is 6.43. The van der Waals surface area contributed by atoms with Gasteiger partial charge in [-0.25, -0.2) is 9.59 Å². The number of carbonyl (C=O) groups excluding carboxylic acids is 2.